The predicted molar refractivity (Wildman–Crippen MR) is 123 cm³/mol. The minimum atomic E-state index is -2.14. The number of carbonyl (C=O) groups excluding carboxylic acids is 2. The highest BCUT2D eigenvalue weighted by Gasteiger charge is 2.61. The van der Waals surface area contributed by atoms with Crippen LogP contribution in [0.4, 0.5) is 0 Å². The third-order valence-electron chi connectivity index (χ3n) is 5.22. The van der Waals surface area contributed by atoms with E-state index in [1.807, 2.05) is 68.4 Å². The van der Waals surface area contributed by atoms with Gasteiger partial charge in [-0.2, -0.15) is 0 Å². The summed E-state index contributed by atoms with van der Waals surface area (Å²) < 4.78 is 9.16. The van der Waals surface area contributed by atoms with Gasteiger partial charge in [0.2, 0.25) is 5.78 Å². The van der Waals surface area contributed by atoms with E-state index in [1.165, 1.54) is 6.08 Å². The van der Waals surface area contributed by atoms with Crippen LogP contribution in [-0.2, 0) is 20.9 Å². The number of hydrogen-bond acceptors (Lipinski definition) is 4. The van der Waals surface area contributed by atoms with Crippen molar-refractivity contribution in [2.75, 3.05) is 0 Å². The van der Waals surface area contributed by atoms with Crippen LogP contribution in [0.5, 0.6) is 11.5 Å². The van der Waals surface area contributed by atoms with Gasteiger partial charge in [-0.1, -0.05) is 96.7 Å². The van der Waals surface area contributed by atoms with Gasteiger partial charge in [0.05, 0.1) is 11.0 Å². The zero-order chi connectivity index (χ0) is 22.8. The molecule has 0 heterocycles. The van der Waals surface area contributed by atoms with Crippen molar-refractivity contribution < 1.29 is 19.1 Å². The Kier molecular flexibility index (Phi) is 7.27. The van der Waals surface area contributed by atoms with Gasteiger partial charge in [-0.15, -0.1) is 0 Å². The Balaban J connectivity index is 1.61. The number of ether oxygens (including phenoxy) is 2. The van der Waals surface area contributed by atoms with Crippen molar-refractivity contribution in [2.24, 2.45) is 17.3 Å². The number of hydrogen-bond donors (Lipinski definition) is 0. The molecular weight excluding hydrogens is 482 g/mol. The van der Waals surface area contributed by atoms with Gasteiger partial charge in [0.1, 0.15) is 18.1 Å². The molecule has 0 spiro atoms. The van der Waals surface area contributed by atoms with Gasteiger partial charge in [-0.05, 0) is 41.2 Å². The molecule has 0 saturated heterocycles. The zero-order valence-corrected chi connectivity index (χ0v) is 19.8. The van der Waals surface area contributed by atoms with Crippen LogP contribution in [0.15, 0.2) is 65.7 Å². The molecule has 1 aliphatic carbocycles. The normalized spacial score (nSPS) is 20.1. The van der Waals surface area contributed by atoms with E-state index in [-0.39, 0.29) is 23.5 Å². The topological polar surface area (TPSA) is 52.6 Å². The largest absolute Gasteiger partial charge is 0.461 e. The number of allylic oxidation sites excluding steroid dienone is 2. The fourth-order valence-electron chi connectivity index (χ4n) is 3.38. The summed E-state index contributed by atoms with van der Waals surface area (Å²) in [6, 6.07) is 16.7. The molecule has 3 rings (SSSR count). The molecule has 2 aromatic rings. The van der Waals surface area contributed by atoms with E-state index in [0.29, 0.717) is 11.5 Å². The van der Waals surface area contributed by atoms with Crippen molar-refractivity contribution in [1.29, 1.82) is 0 Å². The Morgan fingerprint density at radius 3 is 2.32 bits per heavy atom. The number of esters is 1. The summed E-state index contributed by atoms with van der Waals surface area (Å²) >= 11 is 22.8. The molecule has 0 aromatic heterocycles. The lowest BCUT2D eigenvalue weighted by Gasteiger charge is -2.09. The van der Waals surface area contributed by atoms with E-state index in [1.54, 1.807) is 0 Å². The second kappa shape index (κ2) is 9.41. The van der Waals surface area contributed by atoms with E-state index in [9.17, 15) is 9.59 Å². The van der Waals surface area contributed by atoms with Crippen LogP contribution < -0.4 is 4.74 Å². The van der Waals surface area contributed by atoms with Gasteiger partial charge in [0.25, 0.3) is 3.79 Å². The molecule has 4 nitrogen and oxygen atoms in total. The molecule has 2 unspecified atom stereocenters. The molecule has 0 N–H and O–H groups in total. The average molecular weight is 502 g/mol. The predicted octanol–water partition coefficient (Wildman–Crippen LogP) is 6.86. The van der Waals surface area contributed by atoms with Crippen LogP contribution in [0.25, 0.3) is 0 Å². The molecule has 8 heteroatoms. The second-order valence-corrected chi connectivity index (χ2v) is 10.5. The van der Waals surface area contributed by atoms with Gasteiger partial charge in [0.15, 0.2) is 0 Å². The Bertz CT molecular complexity index is 996. The van der Waals surface area contributed by atoms with Gasteiger partial charge in [-0.3, -0.25) is 9.59 Å². The van der Waals surface area contributed by atoms with Crippen LogP contribution in [-0.4, -0.2) is 15.5 Å². The van der Waals surface area contributed by atoms with Crippen molar-refractivity contribution in [2.45, 2.75) is 24.2 Å². The molecule has 2 atom stereocenters. The lowest BCUT2D eigenvalue weighted by molar-refractivity contribution is -0.147. The first kappa shape index (κ1) is 23.9. The first-order chi connectivity index (χ1) is 14.5. The molecule has 0 aliphatic heterocycles. The van der Waals surface area contributed by atoms with Gasteiger partial charge in [-0.25, -0.2) is 0 Å². The molecule has 31 heavy (non-hydrogen) atoms. The number of para-hydroxylation sites is 1. The first-order valence-electron chi connectivity index (χ1n) is 9.47. The van der Waals surface area contributed by atoms with Crippen LogP contribution >= 0.6 is 46.4 Å². The summed E-state index contributed by atoms with van der Waals surface area (Å²) in [5.41, 5.74) is 0.361. The monoisotopic (exact) mass is 500 g/mol. The maximum Gasteiger partial charge on any atom is 0.310 e. The summed E-state index contributed by atoms with van der Waals surface area (Å²) in [6.45, 7) is 3.87. The highest BCUT2D eigenvalue weighted by Crippen LogP contribution is 2.60. The number of Topliss-reactive ketones (excluding diaryl/α,β-unsaturated/α-hetero) is 1. The van der Waals surface area contributed by atoms with Crippen molar-refractivity contribution >= 4 is 58.2 Å². The summed E-state index contributed by atoms with van der Waals surface area (Å²) in [5, 5.41) is -0.209. The molecule has 1 saturated carbocycles. The minimum Gasteiger partial charge on any atom is -0.461 e. The highest BCUT2D eigenvalue weighted by molar-refractivity contribution is 6.79. The number of rotatable bonds is 7. The van der Waals surface area contributed by atoms with Crippen LogP contribution in [0.1, 0.15) is 19.4 Å². The van der Waals surface area contributed by atoms with Gasteiger partial charge >= 0.3 is 5.97 Å². The maximum atomic E-state index is 12.6. The highest BCUT2D eigenvalue weighted by atomic mass is 35.6. The quantitative estimate of drug-likeness (QED) is 0.236. The summed E-state index contributed by atoms with van der Waals surface area (Å²) in [6.07, 6.45) is 1.46. The Morgan fingerprint density at radius 2 is 1.68 bits per heavy atom. The molecule has 164 valence electrons. The Morgan fingerprint density at radius 1 is 1.03 bits per heavy atom. The number of halogens is 4. The smallest absolute Gasteiger partial charge is 0.310 e. The maximum absolute atomic E-state index is 12.6. The Hall–Kier alpha value is -1.72. The van der Waals surface area contributed by atoms with Crippen LogP contribution in [0.3, 0.4) is 0 Å². The van der Waals surface area contributed by atoms with Crippen molar-refractivity contribution in [3.63, 3.8) is 0 Å². The van der Waals surface area contributed by atoms with Gasteiger partial charge < -0.3 is 9.47 Å². The lowest BCUT2D eigenvalue weighted by atomic mass is 10.1. The summed E-state index contributed by atoms with van der Waals surface area (Å²) in [4.78, 5) is 24.6. The van der Waals surface area contributed by atoms with Crippen molar-refractivity contribution in [1.82, 2.24) is 0 Å². The SMILES string of the molecule is CC1(C)C(/C=C(\Cl)C(=O)C(Cl)(Cl)Cl)C1C(=O)OCc1cccc(Oc2ccccc2)c1. The number of alkyl halides is 3. The third kappa shape index (κ3) is 5.95. The van der Waals surface area contributed by atoms with E-state index in [4.69, 9.17) is 55.9 Å². The van der Waals surface area contributed by atoms with Crippen molar-refractivity contribution in [3.05, 3.63) is 71.3 Å². The average Bonchev–Trinajstić information content (AvgIpc) is 3.25. The molecular formula is C23H20Cl4O4. The van der Waals surface area contributed by atoms with Crippen molar-refractivity contribution in [3.8, 4) is 11.5 Å². The number of benzene rings is 2. The molecule has 0 bridgehead atoms. The zero-order valence-electron chi connectivity index (χ0n) is 16.8. The third-order valence-corrected chi connectivity index (χ3v) is 6.04. The Labute approximate surface area is 201 Å². The molecule has 0 radical (unpaired) electrons. The van der Waals surface area contributed by atoms with Crippen LogP contribution in [0.2, 0.25) is 0 Å². The summed E-state index contributed by atoms with van der Waals surface area (Å²) in [5.74, 6) is -0.600. The van der Waals surface area contributed by atoms with E-state index >= 15 is 0 Å². The summed E-state index contributed by atoms with van der Waals surface area (Å²) in [7, 11) is 0. The van der Waals surface area contributed by atoms with Crippen LogP contribution in [0, 0.1) is 17.3 Å². The molecule has 1 aliphatic rings. The van der Waals surface area contributed by atoms with E-state index in [0.717, 1.165) is 5.56 Å². The molecule has 1 fully saturated rings. The minimum absolute atomic E-state index is 0.0919. The molecule has 0 amide bonds. The fraction of sp³-hybridized carbons (Fsp3) is 0.304. The fourth-order valence-corrected chi connectivity index (χ4v) is 4.10. The number of ketones is 1. The molecule has 2 aromatic carbocycles. The van der Waals surface area contributed by atoms with E-state index in [2.05, 4.69) is 0 Å². The standard InChI is InChI=1S/C23H20Cl4O4/c1-22(2)17(12-18(24)20(28)23(25,26)27)19(22)21(29)30-13-14-7-6-10-16(11-14)31-15-8-4-3-5-9-15/h3-12,17,19H,13H2,1-2H3/b18-12-. The van der Waals surface area contributed by atoms with Gasteiger partial charge in [0, 0.05) is 0 Å². The van der Waals surface area contributed by atoms with E-state index < -0.39 is 20.9 Å². The number of carbonyl (C=O) groups is 2. The second-order valence-electron chi connectivity index (χ2n) is 7.84. The lowest BCUT2D eigenvalue weighted by Crippen LogP contribution is -2.19. The first-order valence-corrected chi connectivity index (χ1v) is 11.0.